The normalized spacial score (nSPS) is 10.9. The maximum Gasteiger partial charge on any atom is 0.159 e. The Morgan fingerprint density at radius 2 is 1.70 bits per heavy atom. The fraction of sp³-hybridized carbons (Fsp3) is 0.263. The summed E-state index contributed by atoms with van der Waals surface area (Å²) in [6, 6.07) is 16.4. The van der Waals surface area contributed by atoms with E-state index in [2.05, 4.69) is 34.5 Å². The van der Waals surface area contributed by atoms with E-state index < -0.39 is 0 Å². The summed E-state index contributed by atoms with van der Waals surface area (Å²) in [6.45, 7) is 0. The molecule has 0 fully saturated rings. The van der Waals surface area contributed by atoms with Gasteiger partial charge in [0.2, 0.25) is 0 Å². The molecule has 23 heavy (non-hydrogen) atoms. The maximum atomic E-state index is 6.15. The molecule has 0 unspecified atom stereocenters. The van der Waals surface area contributed by atoms with E-state index in [1.54, 1.807) is 7.11 Å². The van der Waals surface area contributed by atoms with Gasteiger partial charge in [0.25, 0.3) is 0 Å². The molecule has 0 bridgehead atoms. The van der Waals surface area contributed by atoms with Crippen LogP contribution >= 0.6 is 11.6 Å². The first kappa shape index (κ1) is 15.8. The second kappa shape index (κ2) is 7.42. The average molecular weight is 327 g/mol. The number of unbranched alkanes of at least 4 members (excludes halogenated alkanes) is 1. The SMILES string of the molecule is COc1ccc2c(Cl)nnc(CCCCc3ccccc3)c2c1. The molecule has 1 heterocycles. The van der Waals surface area contributed by atoms with Gasteiger partial charge < -0.3 is 4.74 Å². The molecule has 0 N–H and O–H groups in total. The monoisotopic (exact) mass is 326 g/mol. The van der Waals surface area contributed by atoms with Crippen molar-refractivity contribution in [3.05, 3.63) is 64.9 Å². The summed E-state index contributed by atoms with van der Waals surface area (Å²) >= 11 is 6.15. The van der Waals surface area contributed by atoms with Crippen molar-refractivity contribution in [1.29, 1.82) is 0 Å². The third-order valence-corrected chi connectivity index (χ3v) is 4.27. The highest BCUT2D eigenvalue weighted by atomic mass is 35.5. The van der Waals surface area contributed by atoms with Gasteiger partial charge >= 0.3 is 0 Å². The second-order valence-corrected chi connectivity index (χ2v) is 5.90. The van der Waals surface area contributed by atoms with Crippen molar-refractivity contribution in [2.45, 2.75) is 25.7 Å². The molecule has 0 aliphatic carbocycles. The molecule has 0 radical (unpaired) electrons. The van der Waals surface area contributed by atoms with Crippen LogP contribution in [0.5, 0.6) is 5.75 Å². The van der Waals surface area contributed by atoms with E-state index in [1.807, 2.05) is 24.3 Å². The van der Waals surface area contributed by atoms with Crippen LogP contribution in [0.3, 0.4) is 0 Å². The number of rotatable bonds is 6. The lowest BCUT2D eigenvalue weighted by atomic mass is 10.0. The summed E-state index contributed by atoms with van der Waals surface area (Å²) in [4.78, 5) is 0. The summed E-state index contributed by atoms with van der Waals surface area (Å²) in [5.74, 6) is 0.812. The molecular formula is C19H19ClN2O. The Morgan fingerprint density at radius 1 is 0.913 bits per heavy atom. The molecule has 3 aromatic rings. The zero-order chi connectivity index (χ0) is 16.1. The van der Waals surface area contributed by atoms with Gasteiger partial charge in [-0.15, -0.1) is 5.10 Å². The molecule has 0 spiro atoms. The first-order valence-corrected chi connectivity index (χ1v) is 8.18. The number of halogens is 1. The Morgan fingerprint density at radius 3 is 2.48 bits per heavy atom. The lowest BCUT2D eigenvalue weighted by Gasteiger charge is -2.08. The molecule has 3 rings (SSSR count). The fourth-order valence-corrected chi connectivity index (χ4v) is 2.93. The Kier molecular flexibility index (Phi) is 5.09. The Hall–Kier alpha value is -2.13. The van der Waals surface area contributed by atoms with Gasteiger partial charge in [0.15, 0.2) is 5.15 Å². The maximum absolute atomic E-state index is 6.15. The fourth-order valence-electron chi connectivity index (χ4n) is 2.73. The second-order valence-electron chi connectivity index (χ2n) is 5.54. The van der Waals surface area contributed by atoms with E-state index in [0.717, 1.165) is 47.9 Å². The average Bonchev–Trinajstić information content (AvgIpc) is 2.61. The summed E-state index contributed by atoms with van der Waals surface area (Å²) in [6.07, 6.45) is 4.17. The van der Waals surface area contributed by atoms with Crippen molar-refractivity contribution in [3.63, 3.8) is 0 Å². The van der Waals surface area contributed by atoms with Crippen molar-refractivity contribution in [2.75, 3.05) is 7.11 Å². The van der Waals surface area contributed by atoms with Gasteiger partial charge in [-0.1, -0.05) is 41.9 Å². The zero-order valence-electron chi connectivity index (χ0n) is 13.1. The van der Waals surface area contributed by atoms with Crippen molar-refractivity contribution >= 4 is 22.4 Å². The molecule has 118 valence electrons. The molecule has 0 atom stereocenters. The quantitative estimate of drug-likeness (QED) is 0.607. The Labute approximate surface area is 141 Å². The van der Waals surface area contributed by atoms with Crippen LogP contribution in [-0.4, -0.2) is 17.3 Å². The smallest absolute Gasteiger partial charge is 0.159 e. The molecule has 4 heteroatoms. The van der Waals surface area contributed by atoms with Gasteiger partial charge in [-0.05, 0) is 49.4 Å². The molecule has 1 aromatic heterocycles. The van der Waals surface area contributed by atoms with Crippen LogP contribution in [0.15, 0.2) is 48.5 Å². The number of aryl methyl sites for hydroxylation is 2. The number of aromatic nitrogens is 2. The van der Waals surface area contributed by atoms with E-state index in [0.29, 0.717) is 5.15 Å². The highest BCUT2D eigenvalue weighted by Crippen LogP contribution is 2.27. The summed E-state index contributed by atoms with van der Waals surface area (Å²) in [5, 5.41) is 10.8. The van der Waals surface area contributed by atoms with Crippen molar-refractivity contribution in [2.24, 2.45) is 0 Å². The van der Waals surface area contributed by atoms with Crippen molar-refractivity contribution < 1.29 is 4.74 Å². The van der Waals surface area contributed by atoms with Crippen LogP contribution in [-0.2, 0) is 12.8 Å². The molecular weight excluding hydrogens is 308 g/mol. The number of methoxy groups -OCH3 is 1. The Bertz CT molecular complexity index is 790. The molecule has 0 aliphatic rings. The number of fused-ring (bicyclic) bond motifs is 1. The number of nitrogens with zero attached hydrogens (tertiary/aromatic N) is 2. The molecule has 0 amide bonds. The first-order chi connectivity index (χ1) is 11.3. The van der Waals surface area contributed by atoms with E-state index in [4.69, 9.17) is 16.3 Å². The number of hydrogen-bond donors (Lipinski definition) is 0. The highest BCUT2D eigenvalue weighted by molar-refractivity contribution is 6.34. The number of ether oxygens (including phenoxy) is 1. The lowest BCUT2D eigenvalue weighted by Crippen LogP contribution is -1.98. The summed E-state index contributed by atoms with van der Waals surface area (Å²) in [7, 11) is 1.66. The van der Waals surface area contributed by atoms with Crippen LogP contribution in [0, 0.1) is 0 Å². The van der Waals surface area contributed by atoms with Crippen LogP contribution in [0.4, 0.5) is 0 Å². The highest BCUT2D eigenvalue weighted by Gasteiger charge is 2.09. The standard InChI is InChI=1S/C19H19ClN2O/c1-23-15-11-12-16-17(13-15)18(21-22-19(16)20)10-6-5-9-14-7-3-2-4-8-14/h2-4,7-8,11-13H,5-6,9-10H2,1H3. The zero-order valence-corrected chi connectivity index (χ0v) is 13.9. The predicted molar refractivity (Wildman–Crippen MR) is 94.2 cm³/mol. The van der Waals surface area contributed by atoms with E-state index in [9.17, 15) is 0 Å². The van der Waals surface area contributed by atoms with E-state index in [1.165, 1.54) is 5.56 Å². The van der Waals surface area contributed by atoms with Gasteiger partial charge in [0, 0.05) is 10.8 Å². The number of hydrogen-bond acceptors (Lipinski definition) is 3. The van der Waals surface area contributed by atoms with Gasteiger partial charge in [-0.3, -0.25) is 0 Å². The van der Waals surface area contributed by atoms with Crippen LogP contribution in [0.1, 0.15) is 24.1 Å². The third kappa shape index (κ3) is 3.80. The lowest BCUT2D eigenvalue weighted by molar-refractivity contribution is 0.415. The summed E-state index contributed by atoms with van der Waals surface area (Å²) in [5.41, 5.74) is 2.36. The van der Waals surface area contributed by atoms with Crippen LogP contribution in [0.25, 0.3) is 10.8 Å². The van der Waals surface area contributed by atoms with E-state index >= 15 is 0 Å². The van der Waals surface area contributed by atoms with Gasteiger partial charge in [-0.2, -0.15) is 5.10 Å². The van der Waals surface area contributed by atoms with Gasteiger partial charge in [0.05, 0.1) is 12.8 Å². The summed E-state index contributed by atoms with van der Waals surface area (Å²) < 4.78 is 5.31. The topological polar surface area (TPSA) is 35.0 Å². The first-order valence-electron chi connectivity index (χ1n) is 7.80. The minimum Gasteiger partial charge on any atom is -0.497 e. The minimum absolute atomic E-state index is 0.440. The van der Waals surface area contributed by atoms with Gasteiger partial charge in [-0.25, -0.2) is 0 Å². The molecule has 3 nitrogen and oxygen atoms in total. The van der Waals surface area contributed by atoms with Crippen LogP contribution < -0.4 is 4.74 Å². The van der Waals surface area contributed by atoms with Crippen molar-refractivity contribution in [1.82, 2.24) is 10.2 Å². The number of benzene rings is 2. The largest absolute Gasteiger partial charge is 0.497 e. The van der Waals surface area contributed by atoms with Crippen LogP contribution in [0.2, 0.25) is 5.15 Å². The predicted octanol–water partition coefficient (Wildman–Crippen LogP) is 4.86. The van der Waals surface area contributed by atoms with E-state index in [-0.39, 0.29) is 0 Å². The molecule has 0 aliphatic heterocycles. The molecule has 2 aromatic carbocycles. The molecule has 0 saturated heterocycles. The van der Waals surface area contributed by atoms with Gasteiger partial charge in [0.1, 0.15) is 5.75 Å². The Balaban J connectivity index is 1.71. The molecule has 0 saturated carbocycles. The minimum atomic E-state index is 0.440. The third-order valence-electron chi connectivity index (χ3n) is 3.99. The van der Waals surface area contributed by atoms with Crippen molar-refractivity contribution in [3.8, 4) is 5.75 Å².